The van der Waals surface area contributed by atoms with Crippen LogP contribution in [0.25, 0.3) is 20.5 Å². The van der Waals surface area contributed by atoms with Gasteiger partial charge in [-0.25, -0.2) is 0 Å². The molecule has 0 aliphatic carbocycles. The lowest BCUT2D eigenvalue weighted by Crippen LogP contribution is -2.27. The average Bonchev–Trinajstić information content (AvgIpc) is 3.15. The fourth-order valence-electron chi connectivity index (χ4n) is 3.49. The Morgan fingerprint density at radius 3 is 2.34 bits per heavy atom. The fourth-order valence-corrected chi connectivity index (χ4v) is 4.73. The highest BCUT2D eigenvalue weighted by molar-refractivity contribution is 7.22. The number of rotatable bonds is 8. The molecule has 4 rings (SSSR count). The Morgan fingerprint density at radius 2 is 1.66 bits per heavy atom. The van der Waals surface area contributed by atoms with Crippen molar-refractivity contribution in [3.05, 3.63) is 77.9 Å². The van der Waals surface area contributed by atoms with E-state index in [-0.39, 0.29) is 17.3 Å². The van der Waals surface area contributed by atoms with E-state index in [9.17, 15) is 15.0 Å². The molecule has 164 valence electrons. The van der Waals surface area contributed by atoms with Gasteiger partial charge in [-0.2, -0.15) is 0 Å². The highest BCUT2D eigenvalue weighted by Crippen LogP contribution is 2.41. The van der Waals surface area contributed by atoms with E-state index in [2.05, 4.69) is 19.2 Å². The molecule has 0 saturated heterocycles. The number of ether oxygens (including phenoxy) is 1. The van der Waals surface area contributed by atoms with Crippen molar-refractivity contribution < 1.29 is 19.7 Å². The highest BCUT2D eigenvalue weighted by atomic mass is 32.1. The van der Waals surface area contributed by atoms with Crippen LogP contribution in [0.3, 0.4) is 0 Å². The van der Waals surface area contributed by atoms with Crippen LogP contribution in [0.1, 0.15) is 29.8 Å². The predicted molar refractivity (Wildman–Crippen MR) is 129 cm³/mol. The first-order valence-corrected chi connectivity index (χ1v) is 11.3. The van der Waals surface area contributed by atoms with Crippen LogP contribution in [0.2, 0.25) is 0 Å². The number of phenolic OH excluding ortho intramolecular Hbond substituents is 2. The van der Waals surface area contributed by atoms with Crippen molar-refractivity contribution in [3.8, 4) is 27.7 Å². The summed E-state index contributed by atoms with van der Waals surface area (Å²) in [6.45, 7) is 5.47. The molecule has 1 heterocycles. The molecule has 1 aromatic heterocycles. The predicted octanol–water partition coefficient (Wildman–Crippen LogP) is 5.59. The third kappa shape index (κ3) is 4.77. The molecule has 0 unspecified atom stereocenters. The number of carbonyl (C=O) groups is 1. The monoisotopic (exact) mass is 447 g/mol. The van der Waals surface area contributed by atoms with Gasteiger partial charge >= 0.3 is 0 Å². The first-order valence-electron chi connectivity index (χ1n) is 10.5. The van der Waals surface area contributed by atoms with Crippen molar-refractivity contribution in [3.63, 3.8) is 0 Å². The van der Waals surface area contributed by atoms with Crippen LogP contribution in [0, 0.1) is 0 Å². The summed E-state index contributed by atoms with van der Waals surface area (Å²) in [7, 11) is 0. The van der Waals surface area contributed by atoms with E-state index in [0.717, 1.165) is 27.1 Å². The number of hydrogen-bond acceptors (Lipinski definition) is 6. The summed E-state index contributed by atoms with van der Waals surface area (Å²) < 4.78 is 6.57. The zero-order valence-electron chi connectivity index (χ0n) is 18.0. The summed E-state index contributed by atoms with van der Waals surface area (Å²) in [5.74, 6) is 0.937. The SMILES string of the molecule is CC(C)NCCOc1ccc(C(=O)c2c(-c3ccc(O)cc3)sc3cc(O)ccc23)cc1. The minimum Gasteiger partial charge on any atom is -0.508 e. The van der Waals surface area contributed by atoms with Crippen LogP contribution in [0.15, 0.2) is 66.7 Å². The maximum atomic E-state index is 13.6. The van der Waals surface area contributed by atoms with Crippen molar-refractivity contribution in [2.24, 2.45) is 0 Å². The Bertz CT molecular complexity index is 1230. The van der Waals surface area contributed by atoms with Crippen molar-refractivity contribution >= 4 is 27.2 Å². The minimum absolute atomic E-state index is 0.0990. The number of fused-ring (bicyclic) bond motifs is 1. The lowest BCUT2D eigenvalue weighted by atomic mass is 9.97. The number of thiophene rings is 1. The van der Waals surface area contributed by atoms with Gasteiger partial charge in [0.2, 0.25) is 0 Å². The molecular formula is C26H25NO4S. The second-order valence-corrected chi connectivity index (χ2v) is 8.90. The van der Waals surface area contributed by atoms with E-state index in [4.69, 9.17) is 4.74 Å². The van der Waals surface area contributed by atoms with Crippen LogP contribution < -0.4 is 10.1 Å². The largest absolute Gasteiger partial charge is 0.508 e. The van der Waals surface area contributed by atoms with Crippen molar-refractivity contribution in [1.29, 1.82) is 0 Å². The van der Waals surface area contributed by atoms with Crippen molar-refractivity contribution in [2.45, 2.75) is 19.9 Å². The summed E-state index contributed by atoms with van der Waals surface area (Å²) in [6.07, 6.45) is 0. The molecule has 0 atom stereocenters. The number of benzene rings is 3. The Balaban J connectivity index is 1.65. The van der Waals surface area contributed by atoms with Crippen LogP contribution in [-0.4, -0.2) is 35.2 Å². The first kappa shape index (κ1) is 21.9. The topological polar surface area (TPSA) is 78.8 Å². The highest BCUT2D eigenvalue weighted by Gasteiger charge is 2.22. The molecule has 5 nitrogen and oxygen atoms in total. The summed E-state index contributed by atoms with van der Waals surface area (Å²) in [4.78, 5) is 14.4. The normalized spacial score (nSPS) is 11.2. The molecule has 0 bridgehead atoms. The number of phenols is 2. The minimum atomic E-state index is -0.0990. The fraction of sp³-hybridized carbons (Fsp3) is 0.192. The summed E-state index contributed by atoms with van der Waals surface area (Å²) >= 11 is 1.44. The van der Waals surface area contributed by atoms with Gasteiger partial charge in [0.25, 0.3) is 0 Å². The molecule has 0 saturated carbocycles. The third-order valence-electron chi connectivity index (χ3n) is 5.07. The average molecular weight is 448 g/mol. The number of aromatic hydroxyl groups is 2. The van der Waals surface area contributed by atoms with Gasteiger partial charge in [0.15, 0.2) is 5.78 Å². The van der Waals surface area contributed by atoms with Crippen molar-refractivity contribution in [1.82, 2.24) is 5.32 Å². The van der Waals surface area contributed by atoms with Crippen molar-refractivity contribution in [2.75, 3.05) is 13.2 Å². The standard InChI is InChI=1S/C26H25NO4S/c1-16(2)27-13-14-31-21-10-5-17(6-11-21)25(30)24-22-12-9-20(29)15-23(22)32-26(24)18-3-7-19(28)8-4-18/h3-12,15-16,27-29H,13-14H2,1-2H3. The van der Waals surface area contributed by atoms with Gasteiger partial charge in [-0.1, -0.05) is 13.8 Å². The van der Waals surface area contributed by atoms with Gasteiger partial charge in [0, 0.05) is 38.7 Å². The summed E-state index contributed by atoms with van der Waals surface area (Å²) in [6, 6.07) is 19.4. The molecule has 4 aromatic rings. The van der Waals surface area contributed by atoms with Gasteiger partial charge in [0.1, 0.15) is 23.9 Å². The maximum absolute atomic E-state index is 13.6. The van der Waals surface area contributed by atoms with Gasteiger partial charge in [-0.15, -0.1) is 11.3 Å². The van der Waals surface area contributed by atoms with E-state index in [1.165, 1.54) is 11.3 Å². The molecule has 32 heavy (non-hydrogen) atoms. The Labute approximate surface area is 190 Å². The molecule has 0 fully saturated rings. The number of carbonyl (C=O) groups excluding carboxylic acids is 1. The lowest BCUT2D eigenvalue weighted by molar-refractivity contribution is 0.104. The molecule has 0 radical (unpaired) electrons. The number of nitrogens with one attached hydrogen (secondary N) is 1. The molecule has 3 aromatic carbocycles. The zero-order valence-corrected chi connectivity index (χ0v) is 18.8. The van der Waals surface area contributed by atoms with E-state index >= 15 is 0 Å². The molecule has 0 aliphatic heterocycles. The van der Waals surface area contributed by atoms with Gasteiger partial charge in [-0.3, -0.25) is 4.79 Å². The smallest absolute Gasteiger partial charge is 0.195 e. The van der Waals surface area contributed by atoms with Crippen LogP contribution in [0.4, 0.5) is 0 Å². The quantitative estimate of drug-likeness (QED) is 0.242. The number of ketones is 1. The molecule has 3 N–H and O–H groups in total. The molecule has 6 heteroatoms. The summed E-state index contributed by atoms with van der Waals surface area (Å²) in [5.41, 5.74) is 1.99. The second kappa shape index (κ2) is 9.42. The lowest BCUT2D eigenvalue weighted by Gasteiger charge is -2.10. The van der Waals surface area contributed by atoms with Gasteiger partial charge in [0.05, 0.1) is 0 Å². The second-order valence-electron chi connectivity index (χ2n) is 7.84. The maximum Gasteiger partial charge on any atom is 0.195 e. The molecule has 0 spiro atoms. The van der Waals surface area contributed by atoms with E-state index in [0.29, 0.717) is 29.5 Å². The zero-order chi connectivity index (χ0) is 22.7. The Morgan fingerprint density at radius 1 is 0.969 bits per heavy atom. The van der Waals surface area contributed by atoms with E-state index in [1.807, 2.05) is 12.1 Å². The van der Waals surface area contributed by atoms with Crippen LogP contribution in [-0.2, 0) is 0 Å². The Hall–Kier alpha value is -3.35. The molecular weight excluding hydrogens is 422 g/mol. The first-order chi connectivity index (χ1) is 15.4. The molecule has 0 amide bonds. The van der Waals surface area contributed by atoms with E-state index in [1.54, 1.807) is 54.6 Å². The Kier molecular flexibility index (Phi) is 6.44. The summed E-state index contributed by atoms with van der Waals surface area (Å²) in [5, 5.41) is 23.7. The van der Waals surface area contributed by atoms with Crippen LogP contribution >= 0.6 is 11.3 Å². The van der Waals surface area contributed by atoms with Gasteiger partial charge in [-0.05, 0) is 72.3 Å². The van der Waals surface area contributed by atoms with Gasteiger partial charge < -0.3 is 20.3 Å². The number of hydrogen-bond donors (Lipinski definition) is 3. The third-order valence-corrected chi connectivity index (χ3v) is 6.27. The van der Waals surface area contributed by atoms with Crippen LogP contribution in [0.5, 0.6) is 17.2 Å². The van der Waals surface area contributed by atoms with E-state index < -0.39 is 0 Å². The molecule has 0 aliphatic rings.